The number of phenols is 1. The largest absolute Gasteiger partial charge is 0.502 e. The smallest absolute Gasteiger partial charge is 0.339 e. The number of nitrogens with one attached hydrogen (secondary N) is 4. The number of rotatable bonds is 22. The molecule has 1 unspecified atom stereocenters. The number of hydrogen-bond acceptors (Lipinski definition) is 13. The van der Waals surface area contributed by atoms with Gasteiger partial charge in [0.25, 0.3) is 0 Å². The summed E-state index contributed by atoms with van der Waals surface area (Å²) in [4.78, 5) is 114. The zero-order valence-electron chi connectivity index (χ0n) is 33.6. The highest BCUT2D eigenvalue weighted by Crippen LogP contribution is 2.26. The molecule has 8 N–H and O–H groups in total. The number of aromatic hydroxyl groups is 1. The molecule has 0 bridgehead atoms. The third-order valence-electron chi connectivity index (χ3n) is 9.27. The van der Waals surface area contributed by atoms with Crippen LogP contribution in [0.5, 0.6) is 5.75 Å². The van der Waals surface area contributed by atoms with Crippen molar-refractivity contribution in [1.29, 1.82) is 0 Å². The molecule has 20 nitrogen and oxygen atoms in total. The Hall–Kier alpha value is -7.22. The van der Waals surface area contributed by atoms with Gasteiger partial charge in [-0.2, -0.15) is 0 Å². The number of hydrogen-bond donors (Lipinski definition) is 8. The fraction of sp³-hybridized carbons (Fsp3) is 0.366. The van der Waals surface area contributed by atoms with Crippen LogP contribution in [0.3, 0.4) is 0 Å². The molecule has 0 aromatic heterocycles. The summed E-state index contributed by atoms with van der Waals surface area (Å²) in [6.07, 6.45) is -4.58. The number of esters is 1. The molecule has 3 aromatic rings. The number of nitro groups is 1. The highest BCUT2D eigenvalue weighted by atomic mass is 16.6. The molecule has 20 heteroatoms. The number of Topliss-reactive ketones (excluding diaryl/α,β-unsaturated/α-hetero) is 1. The first-order valence-electron chi connectivity index (χ1n) is 18.8. The maximum atomic E-state index is 13.8. The summed E-state index contributed by atoms with van der Waals surface area (Å²) in [6.45, 7) is 5.22. The second kappa shape index (κ2) is 22.2. The number of carbonyl (C=O) groups excluding carboxylic acids is 6. The first-order valence-corrected chi connectivity index (χ1v) is 18.8. The zero-order chi connectivity index (χ0) is 45.6. The molecule has 0 aliphatic heterocycles. The predicted molar refractivity (Wildman–Crippen MR) is 213 cm³/mol. The zero-order valence-corrected chi connectivity index (χ0v) is 33.6. The summed E-state index contributed by atoms with van der Waals surface area (Å²) in [5, 5.41) is 59.7. The third-order valence-corrected chi connectivity index (χ3v) is 9.27. The molecule has 5 atom stereocenters. The Morgan fingerprint density at radius 2 is 1.34 bits per heavy atom. The summed E-state index contributed by atoms with van der Waals surface area (Å²) in [7, 11) is 0. The average Bonchev–Trinajstić information content (AvgIpc) is 3.17. The van der Waals surface area contributed by atoms with Gasteiger partial charge in [-0.15, -0.1) is 0 Å². The van der Waals surface area contributed by atoms with Crippen molar-refractivity contribution in [2.45, 2.75) is 90.1 Å². The molecule has 0 heterocycles. The summed E-state index contributed by atoms with van der Waals surface area (Å²) in [5.41, 5.74) is 2.16. The number of benzene rings is 3. The van der Waals surface area contributed by atoms with Gasteiger partial charge in [-0.25, -0.2) is 4.79 Å². The number of aliphatic carboxylic acids is 2. The second-order valence-corrected chi connectivity index (χ2v) is 14.3. The molecule has 0 fully saturated rings. The van der Waals surface area contributed by atoms with Gasteiger partial charge in [-0.05, 0) is 62.4 Å². The second-order valence-electron chi connectivity index (χ2n) is 14.3. The van der Waals surface area contributed by atoms with Gasteiger partial charge in [-0.1, -0.05) is 54.1 Å². The van der Waals surface area contributed by atoms with E-state index in [0.29, 0.717) is 16.7 Å². The van der Waals surface area contributed by atoms with Gasteiger partial charge in [0.1, 0.15) is 24.2 Å². The Labute approximate surface area is 348 Å². The van der Waals surface area contributed by atoms with E-state index in [1.807, 2.05) is 6.92 Å². The van der Waals surface area contributed by atoms with E-state index >= 15 is 0 Å². The summed E-state index contributed by atoms with van der Waals surface area (Å²) < 4.78 is 5.12. The number of ketones is 1. The lowest BCUT2D eigenvalue weighted by molar-refractivity contribution is -0.385. The number of carboxylic acids is 2. The minimum Gasteiger partial charge on any atom is -0.502 e. The molecule has 0 radical (unpaired) electrons. The van der Waals surface area contributed by atoms with Gasteiger partial charge >= 0.3 is 23.6 Å². The van der Waals surface area contributed by atoms with E-state index in [2.05, 4.69) is 21.3 Å². The molecular formula is C41H47N5O15. The van der Waals surface area contributed by atoms with E-state index in [0.717, 1.165) is 24.6 Å². The van der Waals surface area contributed by atoms with Crippen LogP contribution in [0.4, 0.5) is 5.69 Å². The minimum absolute atomic E-state index is 0.114. The van der Waals surface area contributed by atoms with Gasteiger partial charge in [0, 0.05) is 18.9 Å². The van der Waals surface area contributed by atoms with Gasteiger partial charge in [-0.3, -0.25) is 43.7 Å². The molecule has 3 aromatic carbocycles. The predicted octanol–water partition coefficient (Wildman–Crippen LogP) is 1.10. The van der Waals surface area contributed by atoms with Gasteiger partial charge in [0.05, 0.1) is 29.4 Å². The van der Waals surface area contributed by atoms with Crippen LogP contribution in [0.2, 0.25) is 0 Å². The van der Waals surface area contributed by atoms with Crippen LogP contribution in [-0.4, -0.2) is 110 Å². The fourth-order valence-corrected chi connectivity index (χ4v) is 6.02. The van der Waals surface area contributed by atoms with Crippen LogP contribution in [0.25, 0.3) is 0 Å². The number of amides is 4. The molecule has 0 spiro atoms. The van der Waals surface area contributed by atoms with Crippen LogP contribution in [0, 0.1) is 30.9 Å². The van der Waals surface area contributed by atoms with Crippen molar-refractivity contribution in [3.63, 3.8) is 0 Å². The summed E-state index contributed by atoms with van der Waals surface area (Å²) in [5.74, 6) is -9.69. The number of aliphatic hydroxyl groups is 1. The van der Waals surface area contributed by atoms with E-state index < -0.39 is 126 Å². The number of aryl methyl sites for hydroxylation is 3. The lowest BCUT2D eigenvalue weighted by Gasteiger charge is -2.27. The number of ether oxygens (including phenoxy) is 1. The minimum atomic E-state index is -1.91. The summed E-state index contributed by atoms with van der Waals surface area (Å²) in [6, 6.07) is 8.21. The average molecular weight is 850 g/mol. The van der Waals surface area contributed by atoms with Crippen LogP contribution >= 0.6 is 0 Å². The molecule has 4 amide bonds. The van der Waals surface area contributed by atoms with Gasteiger partial charge in [0.2, 0.25) is 23.6 Å². The van der Waals surface area contributed by atoms with Crippen molar-refractivity contribution < 1.29 is 68.4 Å². The quantitative estimate of drug-likeness (QED) is 0.0399. The van der Waals surface area contributed by atoms with Gasteiger partial charge < -0.3 is 46.4 Å². The SMILES string of the molecule is Cc1ccc(C[C@H](NC(=O)Cc2ccc(O)c([N+](=O)[O-])c2)C(=O)N[C@@H](CCC(=O)O)C(=O)N[C@H](C(=O)N[C@@H](CC(=O)O)C(=O)COC(=O)c2c(C)cccc2C)C(C)O)cc1. The number of nitro benzene ring substituents is 1. The number of carbonyl (C=O) groups is 8. The van der Waals surface area contributed by atoms with Crippen molar-refractivity contribution in [3.8, 4) is 5.75 Å². The van der Waals surface area contributed by atoms with Crippen molar-refractivity contribution >= 4 is 53.0 Å². The number of aliphatic hydroxyl groups excluding tert-OH is 1. The Balaban J connectivity index is 1.82. The van der Waals surface area contributed by atoms with Crippen LogP contribution in [0.1, 0.15) is 64.4 Å². The first-order chi connectivity index (χ1) is 28.7. The summed E-state index contributed by atoms with van der Waals surface area (Å²) >= 11 is 0. The van der Waals surface area contributed by atoms with Crippen molar-refractivity contribution in [2.24, 2.45) is 0 Å². The molecule has 0 aliphatic carbocycles. The molecule has 0 aliphatic rings. The van der Waals surface area contributed by atoms with Crippen molar-refractivity contribution in [3.05, 3.63) is 104 Å². The Morgan fingerprint density at radius 3 is 1.92 bits per heavy atom. The number of nitrogens with zero attached hydrogens (tertiary/aromatic N) is 1. The van der Waals surface area contributed by atoms with Crippen LogP contribution in [-0.2, 0) is 51.1 Å². The van der Waals surface area contributed by atoms with E-state index in [1.54, 1.807) is 56.3 Å². The monoisotopic (exact) mass is 849 g/mol. The highest BCUT2D eigenvalue weighted by molar-refractivity contribution is 5.99. The Morgan fingerprint density at radius 1 is 0.754 bits per heavy atom. The lowest BCUT2D eigenvalue weighted by Crippen LogP contribution is -2.60. The van der Waals surface area contributed by atoms with Crippen molar-refractivity contribution in [2.75, 3.05) is 6.61 Å². The number of carboxylic acid groups (broad SMARTS) is 2. The van der Waals surface area contributed by atoms with E-state index in [1.165, 1.54) is 6.07 Å². The first kappa shape index (κ1) is 48.2. The maximum absolute atomic E-state index is 13.8. The Kier molecular flexibility index (Phi) is 17.6. The molecule has 0 saturated carbocycles. The molecule has 61 heavy (non-hydrogen) atoms. The standard InChI is InChI=1S/C41H47N5O15/c1-21-8-10-25(11-9-21)16-29(42-33(50)18-26-12-14-31(48)30(17-26)46(59)60)39(56)43-27(13-15-34(51)52)38(55)45-37(24(4)47)40(57)44-28(19-35(53)54)32(49)20-61-41(58)36-22(2)6-5-7-23(36)3/h5-12,14,17,24,27-29,37,47-48H,13,15-16,18-20H2,1-4H3,(H,42,50)(H,43,56)(H,44,57)(H,45,55)(H,51,52)(H,53,54)/t24?,27-,28-,29-,37-/m0/s1. The number of phenolic OH excluding ortho intramolecular Hbond substituents is 1. The molecule has 326 valence electrons. The Bertz CT molecular complexity index is 2130. The van der Waals surface area contributed by atoms with Crippen molar-refractivity contribution in [1.82, 2.24) is 21.3 Å². The topological polar surface area (TPSA) is 318 Å². The van der Waals surface area contributed by atoms with E-state index in [-0.39, 0.29) is 17.5 Å². The van der Waals surface area contributed by atoms with E-state index in [4.69, 9.17) is 4.74 Å². The normalized spacial score (nSPS) is 13.3. The lowest BCUT2D eigenvalue weighted by atomic mass is 10.0. The van der Waals surface area contributed by atoms with Crippen LogP contribution in [0.15, 0.2) is 60.7 Å². The fourth-order valence-electron chi connectivity index (χ4n) is 6.02. The molecule has 3 rings (SSSR count). The van der Waals surface area contributed by atoms with E-state index in [9.17, 15) is 68.9 Å². The van der Waals surface area contributed by atoms with Crippen LogP contribution < -0.4 is 21.3 Å². The highest BCUT2D eigenvalue weighted by Gasteiger charge is 2.35. The maximum Gasteiger partial charge on any atom is 0.339 e. The molecule has 0 saturated heterocycles. The van der Waals surface area contributed by atoms with Gasteiger partial charge in [0.15, 0.2) is 18.1 Å². The third kappa shape index (κ3) is 14.8. The molecular weight excluding hydrogens is 802 g/mol.